The summed E-state index contributed by atoms with van der Waals surface area (Å²) in [6.07, 6.45) is 4.52. The first-order chi connectivity index (χ1) is 27.7. The minimum atomic E-state index is -0.720. The molecule has 262 valence electrons. The van der Waals surface area contributed by atoms with Crippen molar-refractivity contribution in [1.29, 1.82) is 0 Å². The van der Waals surface area contributed by atoms with Crippen LogP contribution in [0.3, 0.4) is 0 Å². The quantitative estimate of drug-likeness (QED) is 0.183. The Morgan fingerprint density at radius 2 is 1.14 bits per heavy atom. The Hall–Kier alpha value is -7.43. The van der Waals surface area contributed by atoms with Crippen molar-refractivity contribution in [2.24, 2.45) is 0 Å². The summed E-state index contributed by atoms with van der Waals surface area (Å²) in [7, 11) is 0. The number of benzene rings is 8. The zero-order valence-electron chi connectivity index (χ0n) is 30.2. The van der Waals surface area contributed by atoms with Gasteiger partial charge in [-0.05, 0) is 88.0 Å². The SMILES string of the molecule is C1=Cc2ccc(-c3ccc4c(c3)nc(-c3ccccc3)n4-c3ccccc3)cc2C2(c3ccccc31)c1ccccc1Oc1cc3c(cc12)oc1ccccc13. The smallest absolute Gasteiger partial charge is 0.145 e. The Bertz CT molecular complexity index is 3230. The number of para-hydroxylation sites is 3. The summed E-state index contributed by atoms with van der Waals surface area (Å²) in [5, 5.41) is 2.12. The second-order valence-corrected chi connectivity index (χ2v) is 14.7. The standard InChI is InChI=1S/C52H32N2O2/c1-3-14-35(15-4-1)51-53-45-30-37(27-28-46(45)54(51)38-16-5-2-6-17-38)36-26-25-34-24-23-33-13-7-9-19-41(33)52(43(34)29-36)42-20-10-12-22-48(42)56-50-31-40-39-18-8-11-21-47(39)55-49(40)32-44(50)52/h1-32H. The molecule has 2 aromatic heterocycles. The fraction of sp³-hybridized carbons (Fsp3) is 0.0192. The number of ether oxygens (including phenoxy) is 1. The number of aromatic nitrogens is 2. The molecule has 1 unspecified atom stereocenters. The van der Waals surface area contributed by atoms with E-state index in [2.05, 4.69) is 181 Å². The molecule has 1 aliphatic carbocycles. The third kappa shape index (κ3) is 4.38. The van der Waals surface area contributed by atoms with Crippen molar-refractivity contribution in [3.05, 3.63) is 215 Å². The molecular formula is C52H32N2O2. The number of rotatable bonds is 3. The third-order valence-corrected chi connectivity index (χ3v) is 11.7. The van der Waals surface area contributed by atoms with E-state index in [4.69, 9.17) is 14.1 Å². The molecular weight excluding hydrogens is 685 g/mol. The molecule has 4 heteroatoms. The van der Waals surface area contributed by atoms with Crippen LogP contribution in [-0.4, -0.2) is 9.55 Å². The molecule has 1 spiro atoms. The van der Waals surface area contributed by atoms with Gasteiger partial charge in [-0.1, -0.05) is 140 Å². The van der Waals surface area contributed by atoms with Gasteiger partial charge in [0.25, 0.3) is 0 Å². The largest absolute Gasteiger partial charge is 0.457 e. The molecule has 3 heterocycles. The van der Waals surface area contributed by atoms with Crippen molar-refractivity contribution in [2.45, 2.75) is 5.41 Å². The Balaban J connectivity index is 1.13. The Kier molecular flexibility index (Phi) is 6.52. The van der Waals surface area contributed by atoms with Crippen LogP contribution in [0.15, 0.2) is 186 Å². The molecule has 4 nitrogen and oxygen atoms in total. The summed E-state index contributed by atoms with van der Waals surface area (Å²) < 4.78 is 15.7. The molecule has 10 aromatic rings. The maximum atomic E-state index is 6.88. The molecule has 1 atom stereocenters. The predicted molar refractivity (Wildman–Crippen MR) is 227 cm³/mol. The van der Waals surface area contributed by atoms with Crippen LogP contribution in [0.5, 0.6) is 11.5 Å². The molecule has 8 aromatic carbocycles. The van der Waals surface area contributed by atoms with Gasteiger partial charge in [0.15, 0.2) is 0 Å². The van der Waals surface area contributed by atoms with E-state index in [1.54, 1.807) is 0 Å². The van der Waals surface area contributed by atoms with Crippen molar-refractivity contribution in [1.82, 2.24) is 9.55 Å². The van der Waals surface area contributed by atoms with Crippen LogP contribution in [0.2, 0.25) is 0 Å². The van der Waals surface area contributed by atoms with E-state index in [0.29, 0.717) is 0 Å². The molecule has 0 N–H and O–H groups in total. The highest BCUT2D eigenvalue weighted by Crippen LogP contribution is 2.59. The molecule has 0 bridgehead atoms. The molecule has 0 radical (unpaired) electrons. The van der Waals surface area contributed by atoms with Crippen LogP contribution in [0.25, 0.3) is 73.3 Å². The topological polar surface area (TPSA) is 40.2 Å². The lowest BCUT2D eigenvalue weighted by molar-refractivity contribution is 0.435. The maximum absolute atomic E-state index is 6.88. The molecule has 2 aliphatic rings. The molecule has 0 fully saturated rings. The maximum Gasteiger partial charge on any atom is 0.145 e. The van der Waals surface area contributed by atoms with Gasteiger partial charge in [-0.2, -0.15) is 0 Å². The summed E-state index contributed by atoms with van der Waals surface area (Å²) in [6.45, 7) is 0. The number of hydrogen-bond acceptors (Lipinski definition) is 3. The summed E-state index contributed by atoms with van der Waals surface area (Å²) >= 11 is 0. The minimum Gasteiger partial charge on any atom is -0.457 e. The summed E-state index contributed by atoms with van der Waals surface area (Å²) in [6, 6.07) is 64.5. The molecule has 0 saturated heterocycles. The van der Waals surface area contributed by atoms with Crippen molar-refractivity contribution >= 4 is 45.1 Å². The number of furan rings is 1. The Morgan fingerprint density at radius 3 is 2.02 bits per heavy atom. The van der Waals surface area contributed by atoms with Gasteiger partial charge >= 0.3 is 0 Å². The van der Waals surface area contributed by atoms with Gasteiger partial charge in [-0.15, -0.1) is 0 Å². The normalized spacial score (nSPS) is 15.3. The number of fused-ring (bicyclic) bond motifs is 12. The lowest BCUT2D eigenvalue weighted by Crippen LogP contribution is -2.35. The van der Waals surface area contributed by atoms with Gasteiger partial charge in [0, 0.05) is 33.2 Å². The second kappa shape index (κ2) is 11.8. The Morgan fingerprint density at radius 1 is 0.446 bits per heavy atom. The van der Waals surface area contributed by atoms with E-state index in [-0.39, 0.29) is 0 Å². The molecule has 56 heavy (non-hydrogen) atoms. The lowest BCUT2D eigenvalue weighted by Gasteiger charge is -2.42. The average Bonchev–Trinajstić information content (AvgIpc) is 3.79. The Labute approximate surface area is 323 Å². The zero-order valence-corrected chi connectivity index (χ0v) is 30.2. The van der Waals surface area contributed by atoms with Crippen LogP contribution in [0.4, 0.5) is 0 Å². The van der Waals surface area contributed by atoms with Gasteiger partial charge in [0.2, 0.25) is 0 Å². The lowest BCUT2D eigenvalue weighted by atomic mass is 9.62. The van der Waals surface area contributed by atoms with E-state index in [0.717, 1.165) is 89.4 Å². The van der Waals surface area contributed by atoms with Gasteiger partial charge in [0.05, 0.1) is 16.4 Å². The number of imidazole rings is 1. The van der Waals surface area contributed by atoms with E-state index in [1.807, 2.05) is 18.2 Å². The van der Waals surface area contributed by atoms with E-state index in [9.17, 15) is 0 Å². The minimum absolute atomic E-state index is 0.720. The summed E-state index contributed by atoms with van der Waals surface area (Å²) in [5.41, 5.74) is 14.2. The third-order valence-electron chi connectivity index (χ3n) is 11.7. The monoisotopic (exact) mass is 716 g/mol. The molecule has 1 aliphatic heterocycles. The first-order valence-electron chi connectivity index (χ1n) is 19.0. The van der Waals surface area contributed by atoms with E-state index in [1.165, 1.54) is 16.7 Å². The van der Waals surface area contributed by atoms with Crippen LogP contribution in [0.1, 0.15) is 33.4 Å². The fourth-order valence-corrected chi connectivity index (χ4v) is 9.23. The molecule has 12 rings (SSSR count). The summed E-state index contributed by atoms with van der Waals surface area (Å²) in [5.74, 6) is 2.59. The van der Waals surface area contributed by atoms with Crippen LogP contribution >= 0.6 is 0 Å². The van der Waals surface area contributed by atoms with E-state index < -0.39 is 5.41 Å². The van der Waals surface area contributed by atoms with Gasteiger partial charge in [-0.25, -0.2) is 4.98 Å². The highest BCUT2D eigenvalue weighted by atomic mass is 16.5. The average molecular weight is 717 g/mol. The fourth-order valence-electron chi connectivity index (χ4n) is 9.23. The van der Waals surface area contributed by atoms with Gasteiger partial charge in [-0.3, -0.25) is 4.57 Å². The van der Waals surface area contributed by atoms with Crippen LogP contribution in [0, 0.1) is 0 Å². The highest BCUT2D eigenvalue weighted by Gasteiger charge is 2.48. The van der Waals surface area contributed by atoms with Gasteiger partial charge in [0.1, 0.15) is 28.5 Å². The van der Waals surface area contributed by atoms with Crippen LogP contribution in [-0.2, 0) is 5.41 Å². The predicted octanol–water partition coefficient (Wildman–Crippen LogP) is 13.2. The highest BCUT2D eigenvalue weighted by molar-refractivity contribution is 6.06. The van der Waals surface area contributed by atoms with E-state index >= 15 is 0 Å². The van der Waals surface area contributed by atoms with Crippen molar-refractivity contribution < 1.29 is 9.15 Å². The van der Waals surface area contributed by atoms with Crippen LogP contribution < -0.4 is 4.74 Å². The zero-order chi connectivity index (χ0) is 36.8. The molecule has 0 amide bonds. The van der Waals surface area contributed by atoms with Gasteiger partial charge < -0.3 is 9.15 Å². The number of hydrogen-bond donors (Lipinski definition) is 0. The molecule has 0 saturated carbocycles. The van der Waals surface area contributed by atoms with Crippen molar-refractivity contribution in [3.63, 3.8) is 0 Å². The number of nitrogens with zero attached hydrogens (tertiary/aromatic N) is 2. The second-order valence-electron chi connectivity index (χ2n) is 14.7. The first kappa shape index (κ1) is 31.0. The van der Waals surface area contributed by atoms with Crippen molar-refractivity contribution in [3.8, 4) is 39.7 Å². The van der Waals surface area contributed by atoms with Crippen molar-refractivity contribution in [2.75, 3.05) is 0 Å². The first-order valence-corrected chi connectivity index (χ1v) is 19.0. The summed E-state index contributed by atoms with van der Waals surface area (Å²) in [4.78, 5) is 5.29.